The minimum absolute atomic E-state index is 0.0789. The Morgan fingerprint density at radius 3 is 2.64 bits per heavy atom. The molecule has 36 heavy (non-hydrogen) atoms. The molecule has 0 aliphatic heterocycles. The maximum atomic E-state index is 13.4. The summed E-state index contributed by atoms with van der Waals surface area (Å²) in [5.74, 6) is -0.198. The smallest absolute Gasteiger partial charge is 0.244 e. The number of pyridine rings is 1. The maximum absolute atomic E-state index is 13.4. The Bertz CT molecular complexity index is 1240. The average molecular weight is 521 g/mol. The summed E-state index contributed by atoms with van der Waals surface area (Å²) >= 11 is 1.49. The monoisotopic (exact) mass is 520 g/mol. The number of halogens is 2. The van der Waals surface area contributed by atoms with E-state index in [4.69, 9.17) is 9.72 Å². The Hall–Kier alpha value is -2.54. The molecule has 2 aliphatic carbocycles. The number of aliphatic hydroxyl groups is 2. The number of aliphatic hydroxyl groups excluding tert-OH is 2. The molecule has 5 rings (SSSR count). The SMILES string of the molecule is COC[C@@H](C)Nc1nc(C)c(-c2nc3c(C4CC4)nccc3s2)c(N[C@@H]2C[C@H](C(F)F)[C@@H](O)[C@H]2O)n1. The van der Waals surface area contributed by atoms with Gasteiger partial charge >= 0.3 is 0 Å². The number of anilines is 2. The van der Waals surface area contributed by atoms with E-state index in [0.717, 1.165) is 28.8 Å². The number of ether oxygens (including phenoxy) is 1. The molecule has 3 heterocycles. The van der Waals surface area contributed by atoms with E-state index in [1.165, 1.54) is 11.3 Å². The molecule has 3 aromatic rings. The highest BCUT2D eigenvalue weighted by Gasteiger charge is 2.46. The van der Waals surface area contributed by atoms with Crippen molar-refractivity contribution in [3.05, 3.63) is 23.7 Å². The van der Waals surface area contributed by atoms with Crippen molar-refractivity contribution < 1.29 is 23.7 Å². The van der Waals surface area contributed by atoms with Crippen molar-refractivity contribution in [2.75, 3.05) is 24.4 Å². The number of hydrogen-bond donors (Lipinski definition) is 4. The van der Waals surface area contributed by atoms with Crippen molar-refractivity contribution in [1.29, 1.82) is 0 Å². The number of thiazole rings is 1. The van der Waals surface area contributed by atoms with Crippen LogP contribution in [-0.2, 0) is 4.74 Å². The fourth-order valence-electron chi connectivity index (χ4n) is 4.78. The van der Waals surface area contributed by atoms with Crippen molar-refractivity contribution >= 4 is 33.3 Å². The van der Waals surface area contributed by atoms with Gasteiger partial charge in [0.25, 0.3) is 0 Å². The van der Waals surface area contributed by atoms with Gasteiger partial charge in [0.05, 0.1) is 46.3 Å². The van der Waals surface area contributed by atoms with Crippen LogP contribution < -0.4 is 10.6 Å². The third-order valence-electron chi connectivity index (χ3n) is 6.77. The van der Waals surface area contributed by atoms with Crippen LogP contribution in [0, 0.1) is 12.8 Å². The number of aryl methyl sites for hydroxylation is 1. The number of methoxy groups -OCH3 is 1. The maximum Gasteiger partial charge on any atom is 0.244 e. The van der Waals surface area contributed by atoms with E-state index in [-0.39, 0.29) is 12.5 Å². The van der Waals surface area contributed by atoms with Crippen LogP contribution in [0.5, 0.6) is 0 Å². The lowest BCUT2D eigenvalue weighted by molar-refractivity contribution is -0.0333. The number of fused-ring (bicyclic) bond motifs is 1. The molecule has 0 radical (unpaired) electrons. The molecular weight excluding hydrogens is 490 g/mol. The third-order valence-corrected chi connectivity index (χ3v) is 7.81. The van der Waals surface area contributed by atoms with E-state index in [0.29, 0.717) is 40.6 Å². The molecule has 12 heteroatoms. The van der Waals surface area contributed by atoms with Gasteiger partial charge in [-0.05, 0) is 39.2 Å². The molecule has 4 N–H and O–H groups in total. The minimum Gasteiger partial charge on any atom is -0.390 e. The summed E-state index contributed by atoms with van der Waals surface area (Å²) in [6.07, 6.45) is -1.73. The largest absolute Gasteiger partial charge is 0.390 e. The molecule has 2 aliphatic rings. The first-order valence-electron chi connectivity index (χ1n) is 12.1. The highest BCUT2D eigenvalue weighted by atomic mass is 32.1. The van der Waals surface area contributed by atoms with Crippen molar-refractivity contribution in [2.24, 2.45) is 5.92 Å². The zero-order chi connectivity index (χ0) is 25.6. The van der Waals surface area contributed by atoms with Gasteiger partial charge in [-0.25, -0.2) is 18.7 Å². The molecule has 3 aromatic heterocycles. The first kappa shape index (κ1) is 25.1. The minimum atomic E-state index is -2.74. The number of hydrogen-bond acceptors (Lipinski definition) is 10. The Morgan fingerprint density at radius 1 is 1.19 bits per heavy atom. The van der Waals surface area contributed by atoms with E-state index in [1.54, 1.807) is 13.3 Å². The zero-order valence-electron chi connectivity index (χ0n) is 20.3. The summed E-state index contributed by atoms with van der Waals surface area (Å²) in [6.45, 7) is 4.20. The predicted octanol–water partition coefficient (Wildman–Crippen LogP) is 3.57. The van der Waals surface area contributed by atoms with E-state index < -0.39 is 30.6 Å². The quantitative estimate of drug-likeness (QED) is 0.335. The van der Waals surface area contributed by atoms with Gasteiger partial charge in [0, 0.05) is 25.3 Å². The second-order valence-electron chi connectivity index (χ2n) is 9.66. The van der Waals surface area contributed by atoms with E-state index >= 15 is 0 Å². The lowest BCUT2D eigenvalue weighted by Crippen LogP contribution is -2.36. The Kier molecular flexibility index (Phi) is 7.03. The van der Waals surface area contributed by atoms with Crippen molar-refractivity contribution in [2.45, 2.75) is 69.7 Å². The number of rotatable bonds is 9. The van der Waals surface area contributed by atoms with Gasteiger partial charge in [-0.1, -0.05) is 0 Å². The second kappa shape index (κ2) is 10.1. The van der Waals surface area contributed by atoms with E-state index in [2.05, 4.69) is 25.6 Å². The standard InChI is InChI=1S/C24H30F2N6O3S/c1-10(9-35-3)28-24-29-11(2)16(22(32-24)30-14-8-13(21(25)26)19(33)20(14)34)23-31-18-15(36-23)6-7-27-17(18)12-4-5-12/h6-7,10,12-14,19-21,33-34H,4-5,8-9H2,1-3H3,(H2,28,29,30,32)/t10-,13+,14-,19-,20+/m1/s1. The van der Waals surface area contributed by atoms with Gasteiger partial charge in [0.15, 0.2) is 0 Å². The summed E-state index contributed by atoms with van der Waals surface area (Å²) in [4.78, 5) is 18.7. The zero-order valence-corrected chi connectivity index (χ0v) is 21.1. The van der Waals surface area contributed by atoms with E-state index in [9.17, 15) is 19.0 Å². The normalized spacial score (nSPS) is 25.0. The van der Waals surface area contributed by atoms with Gasteiger partial charge in [0.2, 0.25) is 12.4 Å². The summed E-state index contributed by atoms with van der Waals surface area (Å²) < 4.78 is 33.0. The topological polar surface area (TPSA) is 125 Å². The summed E-state index contributed by atoms with van der Waals surface area (Å²) in [5.41, 5.74) is 3.11. The molecule has 2 fully saturated rings. The second-order valence-corrected chi connectivity index (χ2v) is 10.7. The summed E-state index contributed by atoms with van der Waals surface area (Å²) in [5, 5.41) is 27.7. The molecule has 9 nitrogen and oxygen atoms in total. The van der Waals surface area contributed by atoms with Crippen LogP contribution in [0.3, 0.4) is 0 Å². The van der Waals surface area contributed by atoms with Gasteiger partial charge in [-0.15, -0.1) is 11.3 Å². The highest BCUT2D eigenvalue weighted by Crippen LogP contribution is 2.44. The number of alkyl halides is 2. The Morgan fingerprint density at radius 2 is 1.97 bits per heavy atom. The lowest BCUT2D eigenvalue weighted by Gasteiger charge is -2.22. The van der Waals surface area contributed by atoms with Crippen molar-refractivity contribution in [3.63, 3.8) is 0 Å². The Balaban J connectivity index is 1.55. The highest BCUT2D eigenvalue weighted by molar-refractivity contribution is 7.21. The molecule has 5 atom stereocenters. The van der Waals surface area contributed by atoms with Crippen molar-refractivity contribution in [3.8, 4) is 10.6 Å². The van der Waals surface area contributed by atoms with Crippen LogP contribution >= 0.6 is 11.3 Å². The fourth-order valence-corrected chi connectivity index (χ4v) is 5.85. The predicted molar refractivity (Wildman–Crippen MR) is 134 cm³/mol. The first-order valence-corrected chi connectivity index (χ1v) is 12.9. The number of nitrogens with one attached hydrogen (secondary N) is 2. The molecule has 0 spiro atoms. The van der Waals surface area contributed by atoms with Gasteiger partial charge in [-0.2, -0.15) is 4.98 Å². The number of aromatic nitrogens is 4. The van der Waals surface area contributed by atoms with Crippen LogP contribution in [0.15, 0.2) is 12.3 Å². The van der Waals surface area contributed by atoms with Crippen LogP contribution in [-0.4, -0.2) is 74.6 Å². The third kappa shape index (κ3) is 4.86. The van der Waals surface area contributed by atoms with Crippen LogP contribution in [0.2, 0.25) is 0 Å². The molecule has 2 saturated carbocycles. The van der Waals surface area contributed by atoms with Crippen LogP contribution in [0.4, 0.5) is 20.5 Å². The summed E-state index contributed by atoms with van der Waals surface area (Å²) in [6, 6.07) is 1.04. The molecule has 0 bridgehead atoms. The Labute approximate surface area is 211 Å². The van der Waals surface area contributed by atoms with Gasteiger partial charge < -0.3 is 25.6 Å². The molecule has 0 amide bonds. The van der Waals surface area contributed by atoms with Gasteiger partial charge in [-0.3, -0.25) is 4.98 Å². The molecule has 0 unspecified atom stereocenters. The lowest BCUT2D eigenvalue weighted by atomic mass is 10.1. The summed E-state index contributed by atoms with van der Waals surface area (Å²) in [7, 11) is 1.60. The van der Waals surface area contributed by atoms with Crippen molar-refractivity contribution in [1.82, 2.24) is 19.9 Å². The van der Waals surface area contributed by atoms with Crippen LogP contribution in [0.25, 0.3) is 20.8 Å². The molecule has 0 aromatic carbocycles. The van der Waals surface area contributed by atoms with E-state index in [1.807, 2.05) is 19.9 Å². The molecule has 0 saturated heterocycles. The molecule has 194 valence electrons. The fraction of sp³-hybridized carbons (Fsp3) is 0.583. The average Bonchev–Trinajstić information content (AvgIpc) is 3.51. The molecular formula is C24H30F2N6O3S. The van der Waals surface area contributed by atoms with Gasteiger partial charge in [0.1, 0.15) is 22.4 Å². The first-order chi connectivity index (χ1) is 17.3. The van der Waals surface area contributed by atoms with Crippen LogP contribution in [0.1, 0.15) is 43.5 Å². The number of nitrogens with zero attached hydrogens (tertiary/aromatic N) is 4.